The van der Waals surface area contributed by atoms with Gasteiger partial charge in [0, 0.05) is 18.2 Å². The zero-order valence-corrected chi connectivity index (χ0v) is 21.3. The number of nitrogens with one attached hydrogen (secondary N) is 1. The first-order valence-electron chi connectivity index (χ1n) is 11.8. The number of hydrogen-bond acceptors (Lipinski definition) is 6. The van der Waals surface area contributed by atoms with Crippen LogP contribution in [-0.2, 0) is 16.2 Å². The molecule has 0 bridgehead atoms. The number of halogens is 3. The molecular formula is C27H28F3N3O4S. The molecule has 0 aliphatic heterocycles. The largest absolute Gasteiger partial charge is 0.474 e. The number of nitrogens with zero attached hydrogens (tertiary/aromatic N) is 2. The summed E-state index contributed by atoms with van der Waals surface area (Å²) in [5.74, 6) is -0.257. The normalized spacial score (nSPS) is 12.5. The molecule has 0 radical (unpaired) electrons. The number of rotatable bonds is 13. The lowest BCUT2D eigenvalue weighted by molar-refractivity contribution is -0.137. The van der Waals surface area contributed by atoms with Crippen LogP contribution in [0.15, 0.2) is 78.9 Å². The summed E-state index contributed by atoms with van der Waals surface area (Å²) in [7, 11) is -4.33. The van der Waals surface area contributed by atoms with Crippen molar-refractivity contribution in [1.29, 1.82) is 0 Å². The van der Waals surface area contributed by atoms with E-state index in [0.29, 0.717) is 31.2 Å². The van der Waals surface area contributed by atoms with Gasteiger partial charge in [-0.15, -0.1) is 6.58 Å². The van der Waals surface area contributed by atoms with Gasteiger partial charge in [0.2, 0.25) is 5.88 Å². The summed E-state index contributed by atoms with van der Waals surface area (Å²) in [6.45, 7) is 7.30. The third-order valence-electron chi connectivity index (χ3n) is 5.51. The Bertz CT molecular complexity index is 1380. The van der Waals surface area contributed by atoms with E-state index in [4.69, 9.17) is 9.84 Å². The Kier molecular flexibility index (Phi) is 9.65. The number of alkyl halides is 3. The van der Waals surface area contributed by atoms with Gasteiger partial charge in [-0.25, -0.2) is 4.98 Å². The van der Waals surface area contributed by atoms with E-state index in [9.17, 15) is 21.6 Å². The fourth-order valence-corrected chi connectivity index (χ4v) is 4.66. The number of aromatic nitrogens is 2. The van der Waals surface area contributed by atoms with Gasteiger partial charge in [0.1, 0.15) is 11.9 Å². The highest BCUT2D eigenvalue weighted by molar-refractivity contribution is 7.92. The van der Waals surface area contributed by atoms with E-state index in [2.05, 4.69) is 27.8 Å². The molecule has 2 aromatic heterocycles. The minimum atomic E-state index is -4.72. The molecular weight excluding hydrogens is 519 g/mol. The molecule has 2 N–H and O–H groups in total. The molecule has 0 amide bonds. The number of benzene rings is 1. The summed E-state index contributed by atoms with van der Waals surface area (Å²) < 4.78 is 75.5. The predicted molar refractivity (Wildman–Crippen MR) is 140 cm³/mol. The van der Waals surface area contributed by atoms with Gasteiger partial charge in [0.25, 0.3) is 10.0 Å². The van der Waals surface area contributed by atoms with Crippen LogP contribution in [0.3, 0.4) is 0 Å². The average Bonchev–Trinajstić information content (AvgIpc) is 2.89. The summed E-state index contributed by atoms with van der Waals surface area (Å²) in [4.78, 5) is 8.10. The monoisotopic (exact) mass is 547 g/mol. The standard InChI is InChI=1S/C27H28F3N3O4S/c1-3-5-11-20(12-9-18-34)37-24-14-8-15-25(32-24)38(35,36)33-23-17-16-22(27(28,29)30)26(31-23)21-13-7-6-10-19(21)4-2/h3-4,6-8,10,13-17,20,34H,1-2,5,9,11-12,18H2,(H,31,33). The number of pyridine rings is 2. The summed E-state index contributed by atoms with van der Waals surface area (Å²) in [5, 5.41) is 8.73. The molecule has 3 aromatic rings. The van der Waals surface area contributed by atoms with Crippen LogP contribution in [0.4, 0.5) is 19.0 Å². The number of aliphatic hydroxyl groups excluding tert-OH is 1. The minimum absolute atomic E-state index is 0.0148. The number of hydrogen-bond donors (Lipinski definition) is 2. The van der Waals surface area contributed by atoms with E-state index in [1.165, 1.54) is 30.3 Å². The Hall–Kier alpha value is -3.70. The number of anilines is 1. The predicted octanol–water partition coefficient (Wildman–Crippen LogP) is 6.09. The van der Waals surface area contributed by atoms with Crippen LogP contribution in [-0.4, -0.2) is 36.2 Å². The maximum absolute atomic E-state index is 13.8. The van der Waals surface area contributed by atoms with E-state index in [-0.39, 0.29) is 30.0 Å². The third kappa shape index (κ3) is 7.42. The van der Waals surface area contributed by atoms with E-state index in [1.54, 1.807) is 24.3 Å². The maximum Gasteiger partial charge on any atom is 0.418 e. The van der Waals surface area contributed by atoms with Gasteiger partial charge < -0.3 is 9.84 Å². The van der Waals surface area contributed by atoms with Gasteiger partial charge in [0.05, 0.1) is 11.3 Å². The lowest BCUT2D eigenvalue weighted by Gasteiger charge is -2.18. The lowest BCUT2D eigenvalue weighted by atomic mass is 10.00. The van der Waals surface area contributed by atoms with Crippen LogP contribution in [0, 0.1) is 0 Å². The Balaban J connectivity index is 1.93. The van der Waals surface area contributed by atoms with Crippen LogP contribution in [0.25, 0.3) is 17.3 Å². The van der Waals surface area contributed by atoms with Crippen molar-refractivity contribution >= 4 is 21.9 Å². The zero-order chi connectivity index (χ0) is 27.8. The molecule has 202 valence electrons. The van der Waals surface area contributed by atoms with Crippen molar-refractivity contribution in [2.75, 3.05) is 11.3 Å². The van der Waals surface area contributed by atoms with Crippen molar-refractivity contribution in [2.24, 2.45) is 0 Å². The molecule has 1 aromatic carbocycles. The number of sulfonamides is 1. The SMILES string of the molecule is C=CCCC(CCCO)Oc1cccc(S(=O)(=O)Nc2ccc(C(F)(F)F)c(-c3ccccc3C=C)n2)n1. The van der Waals surface area contributed by atoms with E-state index in [1.807, 2.05) is 0 Å². The number of ether oxygens (including phenoxy) is 1. The molecule has 7 nitrogen and oxygen atoms in total. The molecule has 0 spiro atoms. The van der Waals surface area contributed by atoms with Crippen LogP contribution >= 0.6 is 0 Å². The van der Waals surface area contributed by atoms with Gasteiger partial charge >= 0.3 is 6.18 Å². The van der Waals surface area contributed by atoms with Crippen molar-refractivity contribution in [2.45, 2.75) is 43.0 Å². The van der Waals surface area contributed by atoms with Gasteiger partial charge in [-0.1, -0.05) is 49.1 Å². The maximum atomic E-state index is 13.8. The Morgan fingerprint density at radius 2 is 1.79 bits per heavy atom. The molecule has 1 atom stereocenters. The minimum Gasteiger partial charge on any atom is -0.474 e. The molecule has 38 heavy (non-hydrogen) atoms. The van der Waals surface area contributed by atoms with Crippen molar-refractivity contribution in [3.63, 3.8) is 0 Å². The van der Waals surface area contributed by atoms with Gasteiger partial charge in [-0.2, -0.15) is 26.6 Å². The third-order valence-corrected chi connectivity index (χ3v) is 6.77. The first-order chi connectivity index (χ1) is 18.1. The highest BCUT2D eigenvalue weighted by atomic mass is 32.2. The fraction of sp³-hybridized carbons (Fsp3) is 0.259. The molecule has 2 heterocycles. The van der Waals surface area contributed by atoms with Gasteiger partial charge in [0.15, 0.2) is 5.03 Å². The van der Waals surface area contributed by atoms with Crippen molar-refractivity contribution in [3.05, 3.63) is 85.0 Å². The zero-order valence-electron chi connectivity index (χ0n) is 20.5. The van der Waals surface area contributed by atoms with E-state index >= 15 is 0 Å². The summed E-state index contributed by atoms with van der Waals surface area (Å²) in [6.07, 6.45) is 0.377. The van der Waals surface area contributed by atoms with Crippen LogP contribution < -0.4 is 9.46 Å². The van der Waals surface area contributed by atoms with Crippen LogP contribution in [0.5, 0.6) is 5.88 Å². The highest BCUT2D eigenvalue weighted by Gasteiger charge is 2.35. The van der Waals surface area contributed by atoms with E-state index < -0.39 is 32.5 Å². The molecule has 3 rings (SSSR count). The van der Waals surface area contributed by atoms with Gasteiger partial charge in [-0.3, -0.25) is 4.72 Å². The average molecular weight is 548 g/mol. The molecule has 1 unspecified atom stereocenters. The summed E-state index contributed by atoms with van der Waals surface area (Å²) >= 11 is 0. The number of allylic oxidation sites excluding steroid dienone is 1. The molecule has 0 aliphatic rings. The lowest BCUT2D eigenvalue weighted by Crippen LogP contribution is -2.20. The number of aliphatic hydroxyl groups is 1. The van der Waals surface area contributed by atoms with Gasteiger partial charge in [-0.05, 0) is 49.4 Å². The second kappa shape index (κ2) is 12.7. The molecule has 0 fully saturated rings. The Morgan fingerprint density at radius 1 is 1.03 bits per heavy atom. The van der Waals surface area contributed by atoms with Crippen LogP contribution in [0.1, 0.15) is 36.8 Å². The fourth-order valence-electron chi connectivity index (χ4n) is 3.70. The second-order valence-corrected chi connectivity index (χ2v) is 9.90. The van der Waals surface area contributed by atoms with Crippen molar-refractivity contribution in [3.8, 4) is 17.1 Å². The van der Waals surface area contributed by atoms with Crippen molar-refractivity contribution in [1.82, 2.24) is 9.97 Å². The second-order valence-electron chi connectivity index (χ2n) is 8.27. The first-order valence-corrected chi connectivity index (χ1v) is 13.3. The smallest absolute Gasteiger partial charge is 0.418 e. The van der Waals surface area contributed by atoms with Crippen molar-refractivity contribution < 1.29 is 31.4 Å². The molecule has 0 aliphatic carbocycles. The molecule has 0 saturated heterocycles. The summed E-state index contributed by atoms with van der Waals surface area (Å²) in [5.41, 5.74) is -0.897. The molecule has 0 saturated carbocycles. The van der Waals surface area contributed by atoms with Crippen LogP contribution in [0.2, 0.25) is 0 Å². The topological polar surface area (TPSA) is 101 Å². The Labute approximate surface area is 219 Å². The quantitative estimate of drug-likeness (QED) is 0.251. The highest BCUT2D eigenvalue weighted by Crippen LogP contribution is 2.38. The first kappa shape index (κ1) is 28.9. The summed E-state index contributed by atoms with van der Waals surface area (Å²) in [6, 6.07) is 12.1. The van der Waals surface area contributed by atoms with E-state index in [0.717, 1.165) is 12.1 Å². The Morgan fingerprint density at radius 3 is 2.47 bits per heavy atom. The molecule has 11 heteroatoms.